The third-order valence-electron chi connectivity index (χ3n) is 4.14. The van der Waals surface area contributed by atoms with Gasteiger partial charge in [0.15, 0.2) is 0 Å². The van der Waals surface area contributed by atoms with Gasteiger partial charge in [-0.3, -0.25) is 0 Å². The summed E-state index contributed by atoms with van der Waals surface area (Å²) in [5, 5.41) is 1.96. The molecular formula is C16H18ClNO2S. The van der Waals surface area contributed by atoms with Crippen LogP contribution in [0, 0.1) is 0 Å². The monoisotopic (exact) mass is 323 g/mol. The lowest BCUT2D eigenvalue weighted by Crippen LogP contribution is -2.41. The van der Waals surface area contributed by atoms with Gasteiger partial charge in [-0.25, -0.2) is 8.42 Å². The minimum atomic E-state index is -3.51. The van der Waals surface area contributed by atoms with Gasteiger partial charge in [0.2, 0.25) is 10.0 Å². The highest BCUT2D eigenvalue weighted by Crippen LogP contribution is 2.33. The zero-order valence-corrected chi connectivity index (χ0v) is 13.5. The summed E-state index contributed by atoms with van der Waals surface area (Å²) in [6.45, 7) is 2.56. The van der Waals surface area contributed by atoms with Gasteiger partial charge in [-0.1, -0.05) is 42.3 Å². The summed E-state index contributed by atoms with van der Waals surface area (Å²) in [7, 11) is -3.51. The number of nitrogens with zero attached hydrogens (tertiary/aromatic N) is 1. The fourth-order valence-corrected chi connectivity index (χ4v) is 5.31. The number of piperidine rings is 1. The molecule has 1 heterocycles. The summed E-state index contributed by atoms with van der Waals surface area (Å²) in [6.07, 6.45) is 2.92. The molecule has 0 spiro atoms. The highest BCUT2D eigenvalue weighted by Gasteiger charge is 2.32. The second kappa shape index (κ2) is 5.59. The van der Waals surface area contributed by atoms with Crippen molar-refractivity contribution < 1.29 is 8.42 Å². The van der Waals surface area contributed by atoms with E-state index in [2.05, 4.69) is 0 Å². The summed E-state index contributed by atoms with van der Waals surface area (Å²) >= 11 is 6.26. The first-order chi connectivity index (χ1) is 10.0. The Kier molecular flexibility index (Phi) is 3.95. The predicted molar refractivity (Wildman–Crippen MR) is 86.2 cm³/mol. The van der Waals surface area contributed by atoms with E-state index in [0.29, 0.717) is 21.8 Å². The molecule has 2 aromatic carbocycles. The van der Waals surface area contributed by atoms with Crippen LogP contribution in [-0.2, 0) is 10.0 Å². The minimum absolute atomic E-state index is 0.0430. The summed E-state index contributed by atoms with van der Waals surface area (Å²) in [6, 6.07) is 10.8. The number of hydrogen-bond donors (Lipinski definition) is 0. The molecule has 3 rings (SSSR count). The molecule has 1 fully saturated rings. The average molecular weight is 324 g/mol. The van der Waals surface area contributed by atoms with E-state index in [1.54, 1.807) is 22.5 Å². The average Bonchev–Trinajstić information content (AvgIpc) is 2.47. The molecule has 1 atom stereocenters. The Morgan fingerprint density at radius 2 is 1.86 bits per heavy atom. The van der Waals surface area contributed by atoms with Gasteiger partial charge in [0.25, 0.3) is 0 Å². The lowest BCUT2D eigenvalue weighted by molar-refractivity contribution is 0.269. The predicted octanol–water partition coefficient (Wildman–Crippen LogP) is 4.06. The molecule has 5 heteroatoms. The van der Waals surface area contributed by atoms with Crippen LogP contribution in [0.5, 0.6) is 0 Å². The van der Waals surface area contributed by atoms with Crippen molar-refractivity contribution >= 4 is 32.4 Å². The van der Waals surface area contributed by atoms with Crippen molar-refractivity contribution in [1.82, 2.24) is 4.31 Å². The van der Waals surface area contributed by atoms with Crippen molar-refractivity contribution in [2.45, 2.75) is 37.1 Å². The molecule has 0 radical (unpaired) electrons. The second-order valence-electron chi connectivity index (χ2n) is 5.55. The fourth-order valence-electron chi connectivity index (χ4n) is 3.03. The van der Waals surface area contributed by atoms with Crippen LogP contribution < -0.4 is 0 Å². The Labute approximate surface area is 130 Å². The van der Waals surface area contributed by atoms with Gasteiger partial charge in [-0.2, -0.15) is 4.31 Å². The molecular weight excluding hydrogens is 306 g/mol. The highest BCUT2D eigenvalue weighted by molar-refractivity contribution is 7.89. The molecule has 112 valence electrons. The quantitative estimate of drug-likeness (QED) is 0.836. The summed E-state index contributed by atoms with van der Waals surface area (Å²) < 4.78 is 27.7. The van der Waals surface area contributed by atoms with Crippen molar-refractivity contribution in [3.8, 4) is 0 Å². The summed E-state index contributed by atoms with van der Waals surface area (Å²) in [5.74, 6) is 0. The van der Waals surface area contributed by atoms with Gasteiger partial charge in [-0.15, -0.1) is 0 Å². The van der Waals surface area contributed by atoms with Crippen molar-refractivity contribution in [2.75, 3.05) is 6.54 Å². The number of halogens is 1. The largest absolute Gasteiger partial charge is 0.243 e. The fraction of sp³-hybridized carbons (Fsp3) is 0.375. The standard InChI is InChI=1S/C16H18ClNO2S/c1-12-6-2-3-11-18(12)21(19,20)15-10-5-8-13-7-4-9-14(17)16(13)15/h4-5,7-10,12H,2-3,6,11H2,1H3. The van der Waals surface area contributed by atoms with Crippen LogP contribution in [0.4, 0.5) is 0 Å². The number of hydrogen-bond acceptors (Lipinski definition) is 2. The topological polar surface area (TPSA) is 37.4 Å². The molecule has 0 aromatic heterocycles. The maximum absolute atomic E-state index is 13.0. The van der Waals surface area contributed by atoms with E-state index in [0.717, 1.165) is 24.6 Å². The zero-order valence-electron chi connectivity index (χ0n) is 11.9. The smallest absolute Gasteiger partial charge is 0.207 e. The first-order valence-corrected chi connectivity index (χ1v) is 9.03. The van der Waals surface area contributed by atoms with E-state index in [9.17, 15) is 8.42 Å². The Bertz CT molecular complexity index is 768. The van der Waals surface area contributed by atoms with Crippen LogP contribution in [-0.4, -0.2) is 25.3 Å². The SMILES string of the molecule is CC1CCCCN1S(=O)(=O)c1cccc2cccc(Cl)c12. The van der Waals surface area contributed by atoms with E-state index in [4.69, 9.17) is 11.6 Å². The van der Waals surface area contributed by atoms with Crippen LogP contribution in [0.1, 0.15) is 26.2 Å². The van der Waals surface area contributed by atoms with Gasteiger partial charge < -0.3 is 0 Å². The molecule has 3 nitrogen and oxygen atoms in total. The van der Waals surface area contributed by atoms with Gasteiger partial charge in [-0.05, 0) is 37.3 Å². The number of sulfonamides is 1. The molecule has 0 aliphatic carbocycles. The molecule has 0 amide bonds. The summed E-state index contributed by atoms with van der Waals surface area (Å²) in [4.78, 5) is 0.319. The molecule has 1 aliphatic rings. The van der Waals surface area contributed by atoms with Gasteiger partial charge in [0.05, 0.1) is 4.90 Å². The van der Waals surface area contributed by atoms with Crippen LogP contribution in [0.25, 0.3) is 10.8 Å². The molecule has 0 bridgehead atoms. The van der Waals surface area contributed by atoms with Gasteiger partial charge in [0, 0.05) is 23.0 Å². The van der Waals surface area contributed by atoms with E-state index in [1.807, 2.05) is 25.1 Å². The van der Waals surface area contributed by atoms with Gasteiger partial charge >= 0.3 is 0 Å². The molecule has 1 unspecified atom stereocenters. The van der Waals surface area contributed by atoms with E-state index >= 15 is 0 Å². The molecule has 0 saturated carbocycles. The maximum Gasteiger partial charge on any atom is 0.243 e. The minimum Gasteiger partial charge on any atom is -0.207 e. The van der Waals surface area contributed by atoms with Crippen molar-refractivity contribution in [3.63, 3.8) is 0 Å². The number of rotatable bonds is 2. The Hall–Kier alpha value is -1.10. The third kappa shape index (κ3) is 2.56. The normalized spacial score (nSPS) is 20.8. The van der Waals surface area contributed by atoms with Crippen LogP contribution in [0.3, 0.4) is 0 Å². The van der Waals surface area contributed by atoms with Gasteiger partial charge in [0.1, 0.15) is 0 Å². The molecule has 2 aromatic rings. The molecule has 1 aliphatic heterocycles. The van der Waals surface area contributed by atoms with Crippen molar-refractivity contribution in [1.29, 1.82) is 0 Å². The zero-order chi connectivity index (χ0) is 15.0. The van der Waals surface area contributed by atoms with Crippen LogP contribution in [0.15, 0.2) is 41.3 Å². The first-order valence-electron chi connectivity index (χ1n) is 7.21. The Balaban J connectivity index is 2.19. The van der Waals surface area contributed by atoms with E-state index < -0.39 is 10.0 Å². The second-order valence-corrected chi connectivity index (χ2v) is 7.82. The molecule has 1 saturated heterocycles. The molecule has 0 N–H and O–H groups in total. The highest BCUT2D eigenvalue weighted by atomic mass is 35.5. The van der Waals surface area contributed by atoms with Crippen LogP contribution >= 0.6 is 11.6 Å². The van der Waals surface area contributed by atoms with Crippen molar-refractivity contribution in [3.05, 3.63) is 41.4 Å². The molecule has 21 heavy (non-hydrogen) atoms. The van der Waals surface area contributed by atoms with E-state index in [1.165, 1.54) is 0 Å². The lowest BCUT2D eigenvalue weighted by Gasteiger charge is -2.32. The number of fused-ring (bicyclic) bond motifs is 1. The van der Waals surface area contributed by atoms with E-state index in [-0.39, 0.29) is 6.04 Å². The lowest BCUT2D eigenvalue weighted by atomic mass is 10.1. The Morgan fingerprint density at radius 3 is 2.57 bits per heavy atom. The summed E-state index contributed by atoms with van der Waals surface area (Å²) in [5.41, 5.74) is 0. The first kappa shape index (κ1) is 14.8. The van der Waals surface area contributed by atoms with Crippen molar-refractivity contribution in [2.24, 2.45) is 0 Å². The number of benzene rings is 2. The Morgan fingerprint density at radius 1 is 1.14 bits per heavy atom. The van der Waals surface area contributed by atoms with Crippen LogP contribution in [0.2, 0.25) is 5.02 Å². The third-order valence-corrected chi connectivity index (χ3v) is 6.52. The maximum atomic E-state index is 13.0.